The van der Waals surface area contributed by atoms with Crippen LogP contribution in [0.1, 0.15) is 66.4 Å². The summed E-state index contributed by atoms with van der Waals surface area (Å²) in [5.74, 6) is -0.0924. The van der Waals surface area contributed by atoms with Gasteiger partial charge in [0.05, 0.1) is 29.6 Å². The largest absolute Gasteiger partial charge is 0.476 e. The van der Waals surface area contributed by atoms with Crippen LogP contribution >= 0.6 is 22.7 Å². The highest BCUT2D eigenvalue weighted by Gasteiger charge is 2.71. The van der Waals surface area contributed by atoms with Gasteiger partial charge in [-0.15, -0.1) is 22.7 Å². The number of ether oxygens (including phenoxy) is 2. The van der Waals surface area contributed by atoms with Crippen LogP contribution in [0, 0.1) is 39.4 Å². The van der Waals surface area contributed by atoms with Gasteiger partial charge >= 0.3 is 5.97 Å². The molecular formula is C30H35NO5S2. The summed E-state index contributed by atoms with van der Waals surface area (Å²) < 4.78 is 12.2. The normalized spacial score (nSPS) is 37.8. The van der Waals surface area contributed by atoms with E-state index in [-0.39, 0.29) is 47.4 Å². The van der Waals surface area contributed by atoms with Crippen LogP contribution in [0.3, 0.4) is 0 Å². The lowest BCUT2D eigenvalue weighted by atomic mass is 9.35. The molecule has 2 bridgehead atoms. The van der Waals surface area contributed by atoms with E-state index in [1.165, 1.54) is 22.7 Å². The van der Waals surface area contributed by atoms with Crippen molar-refractivity contribution in [2.24, 2.45) is 34.0 Å². The van der Waals surface area contributed by atoms with Gasteiger partial charge in [0.2, 0.25) is 5.90 Å². The van der Waals surface area contributed by atoms with E-state index in [0.29, 0.717) is 29.9 Å². The number of thiophene rings is 2. The van der Waals surface area contributed by atoms with Gasteiger partial charge in [0.15, 0.2) is 5.78 Å². The molecule has 38 heavy (non-hydrogen) atoms. The van der Waals surface area contributed by atoms with Crippen molar-refractivity contribution in [3.05, 3.63) is 56.9 Å². The van der Waals surface area contributed by atoms with E-state index in [4.69, 9.17) is 14.9 Å². The minimum absolute atomic E-state index is 0.0120. The smallest absolute Gasteiger partial charge is 0.348 e. The second kappa shape index (κ2) is 9.42. The number of nitrogens with one attached hydrogen (secondary N) is 1. The Labute approximate surface area is 231 Å². The first kappa shape index (κ1) is 26.0. The van der Waals surface area contributed by atoms with Crippen LogP contribution in [0.15, 0.2) is 47.2 Å². The number of Topliss-reactive ketones (excluding diaryl/α,β-unsaturated/α-hetero) is 1. The van der Waals surface area contributed by atoms with Gasteiger partial charge in [-0.25, -0.2) is 4.79 Å². The van der Waals surface area contributed by atoms with Gasteiger partial charge in [0, 0.05) is 10.8 Å². The summed E-state index contributed by atoms with van der Waals surface area (Å²) in [6.07, 6.45) is 4.71. The Balaban J connectivity index is 1.36. The van der Waals surface area contributed by atoms with Gasteiger partial charge in [-0.3, -0.25) is 10.2 Å². The first-order valence-electron chi connectivity index (χ1n) is 13.6. The van der Waals surface area contributed by atoms with Crippen molar-refractivity contribution < 1.29 is 24.2 Å². The fourth-order valence-corrected chi connectivity index (χ4v) is 9.87. The minimum Gasteiger partial charge on any atom is -0.476 e. The third kappa shape index (κ3) is 3.78. The molecular weight excluding hydrogens is 518 g/mol. The Kier molecular flexibility index (Phi) is 6.43. The Morgan fingerprint density at radius 2 is 1.82 bits per heavy atom. The summed E-state index contributed by atoms with van der Waals surface area (Å²) in [5, 5.41) is 24.0. The third-order valence-electron chi connectivity index (χ3n) is 10.4. The molecule has 202 valence electrons. The summed E-state index contributed by atoms with van der Waals surface area (Å²) in [6.45, 7) is 6.93. The average Bonchev–Trinajstić information content (AvgIpc) is 3.65. The molecule has 5 aliphatic carbocycles. The van der Waals surface area contributed by atoms with E-state index in [1.54, 1.807) is 6.07 Å². The monoisotopic (exact) mass is 553 g/mol. The highest BCUT2D eigenvalue weighted by Crippen LogP contribution is 2.71. The van der Waals surface area contributed by atoms with Crippen LogP contribution < -0.4 is 0 Å². The summed E-state index contributed by atoms with van der Waals surface area (Å²) in [7, 11) is 0. The molecule has 5 aliphatic rings. The fourth-order valence-electron chi connectivity index (χ4n) is 8.63. The fraction of sp³-hybridized carbons (Fsp3) is 0.567. The molecule has 7 atom stereocenters. The number of fused-ring (bicyclic) bond motifs is 3. The standard InChI is InChI=1S/C30H35NO5S2/c1-18-19-8-11-30(25(18)33)23(14-19)29(17-36-27(34)21-7-4-13-38-21)10-5-9-28(2,22(29)15-24(30)32)16-35-26(31)20-6-3-12-37-20/h3-4,6-7,12-13,19,22-24,31-32H,1,5,8-11,14-17H2,2H3. The van der Waals surface area contributed by atoms with Gasteiger partial charge in [0.25, 0.3) is 0 Å². The van der Waals surface area contributed by atoms with Crippen molar-refractivity contribution in [1.29, 1.82) is 5.41 Å². The molecule has 8 heteroatoms. The number of esters is 1. The van der Waals surface area contributed by atoms with Gasteiger partial charge in [-0.05, 0) is 84.7 Å². The minimum atomic E-state index is -0.847. The zero-order valence-corrected chi connectivity index (χ0v) is 23.4. The molecule has 0 aliphatic heterocycles. The van der Waals surface area contributed by atoms with Crippen LogP contribution in [-0.2, 0) is 14.3 Å². The van der Waals surface area contributed by atoms with Gasteiger partial charge in [0.1, 0.15) is 4.88 Å². The molecule has 6 nitrogen and oxygen atoms in total. The molecule has 1 spiro atoms. The second-order valence-corrected chi connectivity index (χ2v) is 14.0. The lowest BCUT2D eigenvalue weighted by Gasteiger charge is -2.68. The molecule has 2 heterocycles. The van der Waals surface area contributed by atoms with Crippen LogP contribution in [0.25, 0.3) is 0 Å². The Morgan fingerprint density at radius 3 is 2.53 bits per heavy atom. The lowest BCUT2D eigenvalue weighted by Crippen LogP contribution is -2.70. The Morgan fingerprint density at radius 1 is 1.08 bits per heavy atom. The molecule has 7 rings (SSSR count). The molecule has 2 aromatic heterocycles. The number of rotatable bonds is 6. The molecule has 2 N–H and O–H groups in total. The van der Waals surface area contributed by atoms with Crippen LogP contribution in [0.2, 0.25) is 0 Å². The molecule has 2 aromatic rings. The van der Waals surface area contributed by atoms with Crippen molar-refractivity contribution >= 4 is 40.3 Å². The third-order valence-corrected chi connectivity index (χ3v) is 12.1. The van der Waals surface area contributed by atoms with Gasteiger partial charge in [-0.2, -0.15) is 0 Å². The number of ketones is 1. The Bertz CT molecular complexity index is 1260. The van der Waals surface area contributed by atoms with Crippen LogP contribution in [0.4, 0.5) is 0 Å². The topological polar surface area (TPSA) is 96.7 Å². The summed E-state index contributed by atoms with van der Waals surface area (Å²) >= 11 is 2.85. The van der Waals surface area contributed by atoms with E-state index < -0.39 is 16.9 Å². The van der Waals surface area contributed by atoms with Crippen LogP contribution in [-0.4, -0.2) is 42.1 Å². The Hall–Kier alpha value is -2.29. The van der Waals surface area contributed by atoms with Crippen molar-refractivity contribution in [2.45, 2.75) is 58.0 Å². The van der Waals surface area contributed by atoms with Crippen LogP contribution in [0.5, 0.6) is 0 Å². The maximum absolute atomic E-state index is 13.8. The van der Waals surface area contributed by atoms with Crippen molar-refractivity contribution in [2.75, 3.05) is 13.2 Å². The number of carbonyl (C=O) groups is 2. The number of aliphatic hydroxyl groups excluding tert-OH is 1. The highest BCUT2D eigenvalue weighted by molar-refractivity contribution is 7.12. The lowest BCUT2D eigenvalue weighted by molar-refractivity contribution is -0.233. The molecule has 7 unspecified atom stereocenters. The number of allylic oxidation sites excluding steroid dienone is 1. The average molecular weight is 554 g/mol. The second-order valence-electron chi connectivity index (χ2n) is 12.1. The number of aliphatic hydroxyl groups is 1. The zero-order chi connectivity index (χ0) is 26.7. The molecule has 0 aromatic carbocycles. The number of hydrogen-bond donors (Lipinski definition) is 2. The number of carbonyl (C=O) groups excluding carboxylic acids is 2. The van der Waals surface area contributed by atoms with E-state index in [0.717, 1.165) is 37.0 Å². The summed E-state index contributed by atoms with van der Waals surface area (Å²) in [5.41, 5.74) is -0.957. The maximum Gasteiger partial charge on any atom is 0.348 e. The van der Waals surface area contributed by atoms with Crippen molar-refractivity contribution in [3.8, 4) is 0 Å². The quantitative estimate of drug-likeness (QED) is 0.195. The predicted octanol–water partition coefficient (Wildman–Crippen LogP) is 6.11. The number of hydrogen-bond acceptors (Lipinski definition) is 8. The van der Waals surface area contributed by atoms with E-state index >= 15 is 0 Å². The molecule has 0 amide bonds. The van der Waals surface area contributed by atoms with Gasteiger partial charge in [-0.1, -0.05) is 32.1 Å². The summed E-state index contributed by atoms with van der Waals surface area (Å²) in [6, 6.07) is 7.42. The highest BCUT2D eigenvalue weighted by atomic mass is 32.1. The molecule has 0 radical (unpaired) electrons. The zero-order valence-electron chi connectivity index (χ0n) is 21.7. The molecule has 0 saturated heterocycles. The first-order chi connectivity index (χ1) is 18.2. The summed E-state index contributed by atoms with van der Waals surface area (Å²) in [4.78, 5) is 28.2. The van der Waals surface area contributed by atoms with Crippen molar-refractivity contribution in [1.82, 2.24) is 0 Å². The van der Waals surface area contributed by atoms with Crippen molar-refractivity contribution in [3.63, 3.8) is 0 Å². The maximum atomic E-state index is 13.8. The van der Waals surface area contributed by atoms with E-state index in [9.17, 15) is 14.7 Å². The van der Waals surface area contributed by atoms with E-state index in [1.807, 2.05) is 29.0 Å². The molecule has 5 saturated carbocycles. The predicted molar refractivity (Wildman–Crippen MR) is 148 cm³/mol. The van der Waals surface area contributed by atoms with Gasteiger partial charge < -0.3 is 14.6 Å². The van der Waals surface area contributed by atoms with E-state index in [2.05, 4.69) is 13.5 Å². The SMILES string of the molecule is C=C1C(=O)C23CCC1CC2C1(COC(=O)c2cccs2)CCCC(C)(COC(=N)c2cccs2)C1CC3O. The first-order valence-corrected chi connectivity index (χ1v) is 15.3. The molecule has 5 fully saturated rings.